The number of hydrogen-bond acceptors (Lipinski definition) is 4. The van der Waals surface area contributed by atoms with Gasteiger partial charge in [-0.05, 0) is 23.9 Å². The smallest absolute Gasteiger partial charge is 0.278 e. The molecule has 0 atom stereocenters. The lowest BCUT2D eigenvalue weighted by Crippen LogP contribution is -2.38. The van der Waals surface area contributed by atoms with Crippen LogP contribution in [0.25, 0.3) is 0 Å². The summed E-state index contributed by atoms with van der Waals surface area (Å²) < 4.78 is 18.9. The number of nitrogens with zero attached hydrogens (tertiary/aromatic N) is 3. The van der Waals surface area contributed by atoms with Crippen LogP contribution in [0.1, 0.15) is 41.5 Å². The summed E-state index contributed by atoms with van der Waals surface area (Å²) >= 11 is 2.87. The monoisotopic (exact) mass is 355 g/mol. The van der Waals surface area contributed by atoms with Gasteiger partial charge in [-0.1, -0.05) is 41.5 Å². The SMILES string of the molecule is CCSN(SCC)C(=O)P(=O)(N(CC)CC)N(CC)CC. The highest BCUT2D eigenvalue weighted by Gasteiger charge is 2.45. The van der Waals surface area contributed by atoms with Crippen LogP contribution in [0.15, 0.2) is 0 Å². The third-order valence-corrected chi connectivity index (χ3v) is 8.71. The summed E-state index contributed by atoms with van der Waals surface area (Å²) in [5, 5.41) is 0. The van der Waals surface area contributed by atoms with Crippen molar-refractivity contribution in [2.45, 2.75) is 41.5 Å². The van der Waals surface area contributed by atoms with Crippen molar-refractivity contribution in [3.8, 4) is 0 Å². The molecule has 0 aliphatic rings. The van der Waals surface area contributed by atoms with E-state index in [0.717, 1.165) is 11.5 Å². The Morgan fingerprint density at radius 1 is 0.810 bits per heavy atom. The molecule has 8 heteroatoms. The molecule has 1 amide bonds. The van der Waals surface area contributed by atoms with Gasteiger partial charge in [0.25, 0.3) is 0 Å². The fourth-order valence-corrected chi connectivity index (χ4v) is 7.32. The quantitative estimate of drug-likeness (QED) is 0.398. The van der Waals surface area contributed by atoms with Crippen LogP contribution in [0.3, 0.4) is 0 Å². The first kappa shape index (κ1) is 21.3. The van der Waals surface area contributed by atoms with Crippen molar-refractivity contribution in [2.75, 3.05) is 37.7 Å². The number of carbonyl (C=O) groups excluding carboxylic acids is 1. The summed E-state index contributed by atoms with van der Waals surface area (Å²) in [6.07, 6.45) is 0. The molecule has 0 spiro atoms. The molecule has 126 valence electrons. The highest BCUT2D eigenvalue weighted by atomic mass is 32.2. The van der Waals surface area contributed by atoms with Crippen LogP contribution in [0.5, 0.6) is 0 Å². The van der Waals surface area contributed by atoms with Crippen LogP contribution in [0.4, 0.5) is 4.79 Å². The maximum absolute atomic E-state index is 13.7. The van der Waals surface area contributed by atoms with Gasteiger partial charge in [0.1, 0.15) is 0 Å². The van der Waals surface area contributed by atoms with E-state index in [9.17, 15) is 9.36 Å². The number of carbonyl (C=O) groups is 1. The van der Waals surface area contributed by atoms with E-state index in [-0.39, 0.29) is 5.65 Å². The van der Waals surface area contributed by atoms with Crippen molar-refractivity contribution < 1.29 is 9.36 Å². The van der Waals surface area contributed by atoms with E-state index in [1.165, 1.54) is 23.9 Å². The van der Waals surface area contributed by atoms with Crippen LogP contribution in [-0.2, 0) is 4.57 Å². The Labute approximate surface area is 138 Å². The summed E-state index contributed by atoms with van der Waals surface area (Å²) in [5.74, 6) is 1.57. The van der Waals surface area contributed by atoms with Gasteiger partial charge in [-0.15, -0.1) is 0 Å². The molecule has 0 saturated heterocycles. The normalized spacial score (nSPS) is 12.2. The molecule has 0 aromatic rings. The van der Waals surface area contributed by atoms with Crippen molar-refractivity contribution in [3.05, 3.63) is 0 Å². The molecule has 0 heterocycles. The van der Waals surface area contributed by atoms with Gasteiger partial charge in [-0.25, -0.2) is 13.1 Å². The third-order valence-electron chi connectivity index (χ3n) is 3.12. The summed E-state index contributed by atoms with van der Waals surface area (Å²) in [7, 11) is -3.23. The van der Waals surface area contributed by atoms with Crippen LogP contribution in [0.2, 0.25) is 0 Å². The van der Waals surface area contributed by atoms with Crippen molar-refractivity contribution in [1.29, 1.82) is 0 Å². The topological polar surface area (TPSA) is 43.9 Å². The molecule has 0 aromatic carbocycles. The lowest BCUT2D eigenvalue weighted by molar-refractivity contribution is 0.248. The Hall–Kier alpha value is 0.320. The number of hydrogen-bond donors (Lipinski definition) is 0. The minimum absolute atomic E-state index is 0.256. The average molecular weight is 356 g/mol. The highest BCUT2D eigenvalue weighted by molar-refractivity contribution is 8.13. The fourth-order valence-electron chi connectivity index (χ4n) is 2.12. The largest absolute Gasteiger partial charge is 0.331 e. The zero-order valence-corrected chi connectivity index (χ0v) is 16.7. The molecule has 0 aliphatic heterocycles. The van der Waals surface area contributed by atoms with Crippen molar-refractivity contribution in [2.24, 2.45) is 0 Å². The molecular weight excluding hydrogens is 325 g/mol. The van der Waals surface area contributed by atoms with E-state index in [0.29, 0.717) is 26.2 Å². The molecule has 0 N–H and O–H groups in total. The fraction of sp³-hybridized carbons (Fsp3) is 0.923. The lowest BCUT2D eigenvalue weighted by Gasteiger charge is -2.38. The zero-order chi connectivity index (χ0) is 16.5. The number of amides is 1. The zero-order valence-electron chi connectivity index (χ0n) is 14.2. The summed E-state index contributed by atoms with van der Waals surface area (Å²) in [4.78, 5) is 13.0. The molecule has 0 bridgehead atoms. The molecule has 0 aliphatic carbocycles. The Morgan fingerprint density at radius 3 is 1.38 bits per heavy atom. The molecule has 0 rings (SSSR count). The minimum Gasteiger partial charge on any atom is -0.278 e. The van der Waals surface area contributed by atoms with Gasteiger partial charge in [-0.3, -0.25) is 9.36 Å². The van der Waals surface area contributed by atoms with Gasteiger partial charge in [0.15, 0.2) is 0 Å². The average Bonchev–Trinajstić information content (AvgIpc) is 2.48. The molecule has 5 nitrogen and oxygen atoms in total. The van der Waals surface area contributed by atoms with E-state index in [1.807, 2.05) is 50.9 Å². The van der Waals surface area contributed by atoms with Crippen molar-refractivity contribution >= 4 is 37.0 Å². The number of rotatable bonds is 11. The lowest BCUT2D eigenvalue weighted by atomic mass is 10.7. The minimum atomic E-state index is -3.23. The molecule has 0 unspecified atom stereocenters. The summed E-state index contributed by atoms with van der Waals surface area (Å²) in [6.45, 7) is 14.3. The summed E-state index contributed by atoms with van der Waals surface area (Å²) in [6, 6.07) is 0. The Bertz CT molecular complexity index is 328. The predicted octanol–water partition coefficient (Wildman–Crippen LogP) is 4.62. The van der Waals surface area contributed by atoms with Crippen molar-refractivity contribution in [1.82, 2.24) is 13.1 Å². The van der Waals surface area contributed by atoms with E-state index in [2.05, 4.69) is 0 Å². The van der Waals surface area contributed by atoms with Gasteiger partial charge in [0, 0.05) is 37.7 Å². The predicted molar refractivity (Wildman–Crippen MR) is 96.9 cm³/mol. The highest BCUT2D eigenvalue weighted by Crippen LogP contribution is 2.56. The maximum Gasteiger partial charge on any atom is 0.331 e. The van der Waals surface area contributed by atoms with Crippen LogP contribution in [0, 0.1) is 0 Å². The molecule has 21 heavy (non-hydrogen) atoms. The van der Waals surface area contributed by atoms with Crippen LogP contribution < -0.4 is 0 Å². The van der Waals surface area contributed by atoms with E-state index in [4.69, 9.17) is 0 Å². The van der Waals surface area contributed by atoms with E-state index in [1.54, 1.807) is 3.71 Å². The molecular formula is C13H30N3O2PS2. The second-order valence-corrected chi connectivity index (χ2v) is 9.43. The van der Waals surface area contributed by atoms with Gasteiger partial charge < -0.3 is 0 Å². The third kappa shape index (κ3) is 5.17. The second-order valence-electron chi connectivity index (χ2n) is 4.20. The van der Waals surface area contributed by atoms with Crippen molar-refractivity contribution in [3.63, 3.8) is 0 Å². The van der Waals surface area contributed by atoms with Gasteiger partial charge >= 0.3 is 13.1 Å². The van der Waals surface area contributed by atoms with E-state index < -0.39 is 7.44 Å². The first-order chi connectivity index (χ1) is 9.97. The summed E-state index contributed by atoms with van der Waals surface area (Å²) in [5.41, 5.74) is -0.256. The molecule has 0 fully saturated rings. The standard InChI is InChI=1S/C13H30N3O2PS2/c1-7-14(8-2)19(18,15(9-3)10-4)13(17)16(20-11-5)21-12-6/h7-12H2,1-6H3. The Balaban J connectivity index is 5.65. The Kier molecular flexibility index (Phi) is 11.1. The van der Waals surface area contributed by atoms with Gasteiger partial charge in [0.2, 0.25) is 0 Å². The molecule has 0 radical (unpaired) electrons. The Morgan fingerprint density at radius 2 is 1.14 bits per heavy atom. The first-order valence-corrected chi connectivity index (χ1v) is 11.2. The first-order valence-electron chi connectivity index (χ1n) is 7.68. The van der Waals surface area contributed by atoms with Crippen LogP contribution >= 0.6 is 31.3 Å². The van der Waals surface area contributed by atoms with E-state index >= 15 is 0 Å². The van der Waals surface area contributed by atoms with Crippen LogP contribution in [-0.4, -0.2) is 56.4 Å². The molecule has 0 saturated carbocycles. The van der Waals surface area contributed by atoms with Gasteiger partial charge in [0.05, 0.1) is 0 Å². The molecule has 0 aromatic heterocycles. The second kappa shape index (κ2) is 10.9. The van der Waals surface area contributed by atoms with Gasteiger partial charge in [-0.2, -0.15) is 0 Å². The maximum atomic E-state index is 13.7.